The second-order valence-electron chi connectivity index (χ2n) is 6.78. The topological polar surface area (TPSA) is 133 Å². The van der Waals surface area contributed by atoms with E-state index in [0.29, 0.717) is 16.1 Å². The minimum absolute atomic E-state index is 0.0172. The molecule has 0 aliphatic carbocycles. The van der Waals surface area contributed by atoms with Gasteiger partial charge in [-0.3, -0.25) is 4.72 Å². The van der Waals surface area contributed by atoms with Crippen molar-refractivity contribution in [2.75, 3.05) is 4.72 Å². The van der Waals surface area contributed by atoms with Crippen molar-refractivity contribution in [1.29, 1.82) is 0 Å². The summed E-state index contributed by atoms with van der Waals surface area (Å²) in [6.07, 6.45) is 2.72. The standard InChI is InChI=1S/C22H19ClN2O6S2/c23-21-4-2-1-3-17(21)15-31-22(26)14-7-16-5-10-20(11-6-16)33(29,30)25-18-8-12-19(13-9-18)32(24,27)28/h1-14,25H,15H2,(H2,24,27,28). The van der Waals surface area contributed by atoms with E-state index in [9.17, 15) is 21.6 Å². The lowest BCUT2D eigenvalue weighted by molar-refractivity contribution is -0.138. The van der Waals surface area contributed by atoms with Gasteiger partial charge in [-0.25, -0.2) is 26.8 Å². The largest absolute Gasteiger partial charge is 0.458 e. The molecule has 0 aromatic heterocycles. The zero-order valence-corrected chi connectivity index (χ0v) is 19.4. The average molecular weight is 507 g/mol. The highest BCUT2D eigenvalue weighted by Crippen LogP contribution is 2.19. The Bertz CT molecular complexity index is 1390. The monoisotopic (exact) mass is 506 g/mol. The number of nitrogens with two attached hydrogens (primary N) is 1. The van der Waals surface area contributed by atoms with Gasteiger partial charge in [0.2, 0.25) is 10.0 Å². The molecule has 0 unspecified atom stereocenters. The van der Waals surface area contributed by atoms with Gasteiger partial charge in [0, 0.05) is 22.3 Å². The van der Waals surface area contributed by atoms with E-state index in [-0.39, 0.29) is 22.1 Å². The smallest absolute Gasteiger partial charge is 0.331 e. The predicted octanol–water partition coefficient (Wildman–Crippen LogP) is 3.54. The maximum absolute atomic E-state index is 12.6. The Hall–Kier alpha value is -3.18. The van der Waals surface area contributed by atoms with Gasteiger partial charge >= 0.3 is 5.97 Å². The van der Waals surface area contributed by atoms with Gasteiger partial charge in [0.05, 0.1) is 9.79 Å². The van der Waals surface area contributed by atoms with E-state index in [2.05, 4.69) is 4.72 Å². The molecule has 0 amide bonds. The molecule has 3 aromatic rings. The highest BCUT2D eigenvalue weighted by atomic mass is 35.5. The fourth-order valence-corrected chi connectivity index (χ4v) is 4.43. The third-order valence-electron chi connectivity index (χ3n) is 4.37. The molecule has 33 heavy (non-hydrogen) atoms. The van der Waals surface area contributed by atoms with E-state index in [1.807, 2.05) is 0 Å². The number of hydrogen-bond acceptors (Lipinski definition) is 6. The highest BCUT2D eigenvalue weighted by molar-refractivity contribution is 7.92. The summed E-state index contributed by atoms with van der Waals surface area (Å²) in [5, 5.41) is 5.53. The van der Waals surface area contributed by atoms with Gasteiger partial charge < -0.3 is 4.74 Å². The Kier molecular flexibility index (Phi) is 7.54. The summed E-state index contributed by atoms with van der Waals surface area (Å²) in [5.74, 6) is -0.573. The normalized spacial score (nSPS) is 11.9. The lowest BCUT2D eigenvalue weighted by atomic mass is 10.2. The minimum Gasteiger partial charge on any atom is -0.458 e. The number of rotatable bonds is 8. The number of primary sulfonamides is 1. The van der Waals surface area contributed by atoms with E-state index in [4.69, 9.17) is 21.5 Å². The van der Waals surface area contributed by atoms with Crippen molar-refractivity contribution in [2.24, 2.45) is 5.14 Å². The van der Waals surface area contributed by atoms with Gasteiger partial charge in [-0.05, 0) is 54.1 Å². The summed E-state index contributed by atoms with van der Waals surface area (Å²) in [7, 11) is -7.79. The van der Waals surface area contributed by atoms with Gasteiger partial charge in [-0.1, -0.05) is 41.9 Å². The Balaban J connectivity index is 1.61. The van der Waals surface area contributed by atoms with Crippen LogP contribution in [-0.2, 0) is 36.2 Å². The second-order valence-corrected chi connectivity index (χ2v) is 10.4. The number of carbonyl (C=O) groups excluding carboxylic acids is 1. The third-order valence-corrected chi connectivity index (χ3v) is 7.06. The van der Waals surface area contributed by atoms with Gasteiger partial charge in [0.25, 0.3) is 10.0 Å². The Morgan fingerprint density at radius 2 is 1.52 bits per heavy atom. The van der Waals surface area contributed by atoms with Gasteiger partial charge in [0.15, 0.2) is 0 Å². The van der Waals surface area contributed by atoms with E-state index < -0.39 is 26.0 Å². The number of hydrogen-bond donors (Lipinski definition) is 2. The number of nitrogens with one attached hydrogen (secondary N) is 1. The van der Waals surface area contributed by atoms with Crippen molar-refractivity contribution < 1.29 is 26.4 Å². The fourth-order valence-electron chi connectivity index (χ4n) is 2.66. The average Bonchev–Trinajstić information content (AvgIpc) is 2.77. The molecular weight excluding hydrogens is 488 g/mol. The van der Waals surface area contributed by atoms with Crippen molar-refractivity contribution in [3.63, 3.8) is 0 Å². The summed E-state index contributed by atoms with van der Waals surface area (Å²) in [6, 6.07) is 17.8. The maximum atomic E-state index is 12.6. The van der Waals surface area contributed by atoms with Crippen LogP contribution in [0, 0.1) is 0 Å². The Morgan fingerprint density at radius 3 is 2.12 bits per heavy atom. The summed E-state index contributed by atoms with van der Waals surface area (Å²) in [6.45, 7) is 0.0316. The third kappa shape index (κ3) is 6.90. The van der Waals surface area contributed by atoms with Crippen LogP contribution in [0.1, 0.15) is 11.1 Å². The molecule has 172 valence electrons. The molecule has 0 aliphatic heterocycles. The first-order valence-electron chi connectivity index (χ1n) is 9.38. The van der Waals surface area contributed by atoms with Crippen LogP contribution in [0.25, 0.3) is 6.08 Å². The SMILES string of the molecule is NS(=O)(=O)c1ccc(NS(=O)(=O)c2ccc(C=CC(=O)OCc3ccccc3Cl)cc2)cc1. The first kappa shape index (κ1) is 24.5. The first-order chi connectivity index (χ1) is 15.5. The van der Waals surface area contributed by atoms with Crippen LogP contribution in [0.3, 0.4) is 0 Å². The molecule has 3 aromatic carbocycles. The molecule has 0 bridgehead atoms. The first-order valence-corrected chi connectivity index (χ1v) is 12.8. The highest BCUT2D eigenvalue weighted by Gasteiger charge is 2.15. The van der Waals surface area contributed by atoms with E-state index in [1.54, 1.807) is 24.3 Å². The van der Waals surface area contributed by atoms with E-state index in [0.717, 1.165) is 0 Å². The number of esters is 1. The molecular formula is C22H19ClN2O6S2. The van der Waals surface area contributed by atoms with Crippen molar-refractivity contribution in [2.45, 2.75) is 16.4 Å². The number of ether oxygens (including phenoxy) is 1. The van der Waals surface area contributed by atoms with Crippen LogP contribution >= 0.6 is 11.6 Å². The summed E-state index contributed by atoms with van der Waals surface area (Å²) in [4.78, 5) is 11.8. The Labute approximate surface area is 196 Å². The number of carbonyl (C=O) groups is 1. The van der Waals surface area contributed by atoms with Crippen molar-refractivity contribution in [1.82, 2.24) is 0 Å². The number of halogens is 1. The fraction of sp³-hybridized carbons (Fsp3) is 0.0455. The van der Waals surface area contributed by atoms with Gasteiger partial charge in [0.1, 0.15) is 6.61 Å². The second kappa shape index (κ2) is 10.2. The number of sulfonamides is 2. The van der Waals surface area contributed by atoms with Crippen LogP contribution in [0.4, 0.5) is 5.69 Å². The van der Waals surface area contributed by atoms with Crippen LogP contribution in [0.2, 0.25) is 5.02 Å². The van der Waals surface area contributed by atoms with Crippen LogP contribution in [-0.4, -0.2) is 22.8 Å². The quantitative estimate of drug-likeness (QED) is 0.354. The predicted molar refractivity (Wildman–Crippen MR) is 125 cm³/mol. The summed E-state index contributed by atoms with van der Waals surface area (Å²) >= 11 is 6.02. The summed E-state index contributed by atoms with van der Waals surface area (Å²) < 4.78 is 55.2. The molecule has 3 rings (SSSR count). The van der Waals surface area contributed by atoms with Gasteiger partial charge in [-0.2, -0.15) is 0 Å². The molecule has 8 nitrogen and oxygen atoms in total. The Morgan fingerprint density at radius 1 is 0.909 bits per heavy atom. The van der Waals surface area contributed by atoms with Gasteiger partial charge in [-0.15, -0.1) is 0 Å². The molecule has 0 fully saturated rings. The molecule has 0 saturated carbocycles. The molecule has 3 N–H and O–H groups in total. The number of benzene rings is 3. The van der Waals surface area contributed by atoms with Crippen LogP contribution in [0.5, 0.6) is 0 Å². The van der Waals surface area contributed by atoms with Crippen molar-refractivity contribution in [3.05, 3.63) is 95.0 Å². The molecule has 0 atom stereocenters. The van der Waals surface area contributed by atoms with E-state index >= 15 is 0 Å². The molecule has 0 spiro atoms. The maximum Gasteiger partial charge on any atom is 0.331 e. The summed E-state index contributed by atoms with van der Waals surface area (Å²) in [5.41, 5.74) is 1.44. The molecule has 0 heterocycles. The molecule has 0 aliphatic rings. The number of anilines is 1. The lowest BCUT2D eigenvalue weighted by Crippen LogP contribution is -2.14. The molecule has 0 saturated heterocycles. The zero-order valence-electron chi connectivity index (χ0n) is 17.0. The van der Waals surface area contributed by atoms with Crippen molar-refractivity contribution in [3.8, 4) is 0 Å². The van der Waals surface area contributed by atoms with Crippen LogP contribution < -0.4 is 9.86 Å². The van der Waals surface area contributed by atoms with E-state index in [1.165, 1.54) is 60.7 Å². The molecule has 11 heteroatoms. The van der Waals surface area contributed by atoms with Crippen LogP contribution in [0.15, 0.2) is 88.7 Å². The lowest BCUT2D eigenvalue weighted by Gasteiger charge is -2.09. The zero-order chi connectivity index (χ0) is 24.1. The van der Waals surface area contributed by atoms with Crippen molar-refractivity contribution >= 4 is 49.4 Å². The molecule has 0 radical (unpaired) electrons. The minimum atomic E-state index is -3.91.